The molecular formula is C19H22N2O4. The van der Waals surface area contributed by atoms with Gasteiger partial charge in [-0.05, 0) is 30.5 Å². The highest BCUT2D eigenvalue weighted by Gasteiger charge is 2.20. The molecule has 0 fully saturated rings. The van der Waals surface area contributed by atoms with Crippen molar-refractivity contribution in [3.63, 3.8) is 0 Å². The summed E-state index contributed by atoms with van der Waals surface area (Å²) >= 11 is 0. The van der Waals surface area contributed by atoms with Crippen molar-refractivity contribution in [3.05, 3.63) is 70.1 Å². The molecule has 0 aliphatic rings. The number of carboxylic acid groups (broad SMARTS) is 1. The summed E-state index contributed by atoms with van der Waals surface area (Å²) in [5.41, 5.74) is 1.64. The minimum Gasteiger partial charge on any atom is -0.480 e. The zero-order valence-electron chi connectivity index (χ0n) is 14.1. The predicted molar refractivity (Wildman–Crippen MR) is 94.4 cm³/mol. The van der Waals surface area contributed by atoms with E-state index in [1.54, 1.807) is 16.8 Å². The summed E-state index contributed by atoms with van der Waals surface area (Å²) in [6.45, 7) is 2.26. The molecule has 1 heterocycles. The van der Waals surface area contributed by atoms with Crippen LogP contribution in [-0.2, 0) is 22.6 Å². The first kappa shape index (κ1) is 18.4. The smallest absolute Gasteiger partial charge is 0.326 e. The van der Waals surface area contributed by atoms with Crippen LogP contribution in [0.1, 0.15) is 24.0 Å². The summed E-state index contributed by atoms with van der Waals surface area (Å²) in [6.07, 6.45) is 2.57. The zero-order valence-corrected chi connectivity index (χ0v) is 14.1. The highest BCUT2D eigenvalue weighted by Crippen LogP contribution is 2.04. The van der Waals surface area contributed by atoms with E-state index in [4.69, 9.17) is 0 Å². The number of nitrogens with one attached hydrogen (secondary N) is 1. The third kappa shape index (κ3) is 5.91. The van der Waals surface area contributed by atoms with Crippen LogP contribution in [0.15, 0.2) is 53.5 Å². The van der Waals surface area contributed by atoms with Crippen molar-refractivity contribution in [1.82, 2.24) is 9.88 Å². The molecule has 2 N–H and O–H groups in total. The summed E-state index contributed by atoms with van der Waals surface area (Å²) in [4.78, 5) is 35.1. The Balaban J connectivity index is 1.84. The molecule has 0 radical (unpaired) electrons. The molecule has 2 rings (SSSR count). The average molecular weight is 342 g/mol. The van der Waals surface area contributed by atoms with Crippen molar-refractivity contribution in [3.8, 4) is 0 Å². The average Bonchev–Trinajstić information content (AvgIpc) is 2.57. The van der Waals surface area contributed by atoms with Gasteiger partial charge in [-0.25, -0.2) is 4.79 Å². The van der Waals surface area contributed by atoms with Gasteiger partial charge in [0.05, 0.1) is 0 Å². The second-order valence-corrected chi connectivity index (χ2v) is 5.99. The van der Waals surface area contributed by atoms with E-state index in [-0.39, 0.29) is 24.3 Å². The highest BCUT2D eigenvalue weighted by molar-refractivity contribution is 5.83. The number of hydrogen-bond acceptors (Lipinski definition) is 3. The van der Waals surface area contributed by atoms with Gasteiger partial charge < -0.3 is 15.0 Å². The first-order valence-corrected chi connectivity index (χ1v) is 8.19. The van der Waals surface area contributed by atoms with E-state index in [9.17, 15) is 19.5 Å². The van der Waals surface area contributed by atoms with Crippen molar-refractivity contribution >= 4 is 11.9 Å². The molecule has 1 atom stereocenters. The van der Waals surface area contributed by atoms with Gasteiger partial charge in [-0.2, -0.15) is 0 Å². The number of benzene rings is 1. The standard InChI is InChI=1S/C19H22N2O4/c1-14-9-11-21(18(23)12-14)10-5-8-17(22)20-16(19(24)25)13-15-6-3-2-4-7-15/h2-4,6-7,9,11-12,16H,5,8,10,13H2,1H3,(H,20,22)(H,24,25). The number of carboxylic acids is 1. The Morgan fingerprint density at radius 2 is 1.92 bits per heavy atom. The first-order chi connectivity index (χ1) is 12.0. The van der Waals surface area contributed by atoms with Crippen LogP contribution in [-0.4, -0.2) is 27.6 Å². The lowest BCUT2D eigenvalue weighted by Crippen LogP contribution is -2.42. The maximum absolute atomic E-state index is 12.0. The van der Waals surface area contributed by atoms with E-state index in [0.717, 1.165) is 11.1 Å². The topological polar surface area (TPSA) is 88.4 Å². The van der Waals surface area contributed by atoms with E-state index in [1.165, 1.54) is 0 Å². The van der Waals surface area contributed by atoms with Crippen LogP contribution >= 0.6 is 0 Å². The summed E-state index contributed by atoms with van der Waals surface area (Å²) < 4.78 is 1.54. The number of amides is 1. The maximum Gasteiger partial charge on any atom is 0.326 e. The molecular weight excluding hydrogens is 320 g/mol. The van der Waals surface area contributed by atoms with E-state index >= 15 is 0 Å². The van der Waals surface area contributed by atoms with E-state index in [2.05, 4.69) is 5.32 Å². The molecule has 0 bridgehead atoms. The summed E-state index contributed by atoms with van der Waals surface area (Å²) in [7, 11) is 0. The van der Waals surface area contributed by atoms with Gasteiger partial charge in [0.25, 0.3) is 5.56 Å². The van der Waals surface area contributed by atoms with Gasteiger partial charge in [0.1, 0.15) is 6.04 Å². The normalized spacial score (nSPS) is 11.7. The number of carbonyl (C=O) groups excluding carboxylic acids is 1. The lowest BCUT2D eigenvalue weighted by atomic mass is 10.1. The molecule has 6 nitrogen and oxygen atoms in total. The lowest BCUT2D eigenvalue weighted by molar-refractivity contribution is -0.141. The highest BCUT2D eigenvalue weighted by atomic mass is 16.4. The third-order valence-corrected chi connectivity index (χ3v) is 3.87. The molecule has 1 amide bonds. The van der Waals surface area contributed by atoms with Gasteiger partial charge in [0, 0.05) is 31.6 Å². The quantitative estimate of drug-likeness (QED) is 0.765. The number of nitrogens with zero attached hydrogens (tertiary/aromatic N) is 1. The maximum atomic E-state index is 12.0. The fourth-order valence-electron chi connectivity index (χ4n) is 2.52. The molecule has 0 spiro atoms. The SMILES string of the molecule is Cc1ccn(CCCC(=O)NC(Cc2ccccc2)C(=O)O)c(=O)c1. The molecule has 0 saturated heterocycles. The van der Waals surface area contributed by atoms with Gasteiger partial charge in [-0.3, -0.25) is 9.59 Å². The van der Waals surface area contributed by atoms with Crippen LogP contribution in [0.4, 0.5) is 0 Å². The van der Waals surface area contributed by atoms with Crippen molar-refractivity contribution in [2.75, 3.05) is 0 Å². The van der Waals surface area contributed by atoms with Gasteiger partial charge in [-0.15, -0.1) is 0 Å². The molecule has 6 heteroatoms. The molecule has 2 aromatic rings. The van der Waals surface area contributed by atoms with Crippen molar-refractivity contribution in [1.29, 1.82) is 0 Å². The van der Waals surface area contributed by atoms with Crippen molar-refractivity contribution < 1.29 is 14.7 Å². The van der Waals surface area contributed by atoms with Crippen LogP contribution in [0, 0.1) is 6.92 Å². The first-order valence-electron chi connectivity index (χ1n) is 8.19. The molecule has 132 valence electrons. The summed E-state index contributed by atoms with van der Waals surface area (Å²) in [5.74, 6) is -1.39. The second-order valence-electron chi connectivity index (χ2n) is 5.99. The Morgan fingerprint density at radius 1 is 1.20 bits per heavy atom. The molecule has 25 heavy (non-hydrogen) atoms. The summed E-state index contributed by atoms with van der Waals surface area (Å²) in [5, 5.41) is 11.8. The van der Waals surface area contributed by atoms with E-state index in [1.807, 2.05) is 43.3 Å². The molecule has 0 saturated carbocycles. The lowest BCUT2D eigenvalue weighted by Gasteiger charge is -2.15. The minimum absolute atomic E-state index is 0.104. The van der Waals surface area contributed by atoms with E-state index in [0.29, 0.717) is 13.0 Å². The van der Waals surface area contributed by atoms with Crippen LogP contribution in [0.5, 0.6) is 0 Å². The van der Waals surface area contributed by atoms with Crippen LogP contribution in [0.3, 0.4) is 0 Å². The van der Waals surface area contributed by atoms with Gasteiger partial charge in [-0.1, -0.05) is 30.3 Å². The minimum atomic E-state index is -1.06. The second kappa shape index (κ2) is 8.82. The zero-order chi connectivity index (χ0) is 18.2. The number of carbonyl (C=O) groups is 2. The van der Waals surface area contributed by atoms with Gasteiger partial charge in [0.15, 0.2) is 0 Å². The van der Waals surface area contributed by atoms with Crippen molar-refractivity contribution in [2.24, 2.45) is 0 Å². The summed E-state index contributed by atoms with van der Waals surface area (Å²) in [6, 6.07) is 11.6. The van der Waals surface area contributed by atoms with Crippen molar-refractivity contribution in [2.45, 2.75) is 38.8 Å². The number of rotatable bonds is 8. The van der Waals surface area contributed by atoms with Crippen LogP contribution < -0.4 is 10.9 Å². The number of aryl methyl sites for hydroxylation is 2. The van der Waals surface area contributed by atoms with Gasteiger partial charge >= 0.3 is 5.97 Å². The third-order valence-electron chi connectivity index (χ3n) is 3.87. The van der Waals surface area contributed by atoms with E-state index < -0.39 is 12.0 Å². The number of hydrogen-bond donors (Lipinski definition) is 2. The van der Waals surface area contributed by atoms with Crippen LogP contribution in [0.2, 0.25) is 0 Å². The largest absolute Gasteiger partial charge is 0.480 e. The molecule has 0 aliphatic heterocycles. The molecule has 1 aromatic carbocycles. The fourth-order valence-corrected chi connectivity index (χ4v) is 2.52. The Labute approximate surface area is 146 Å². The number of aromatic nitrogens is 1. The molecule has 1 aromatic heterocycles. The van der Waals surface area contributed by atoms with Gasteiger partial charge in [0.2, 0.25) is 5.91 Å². The fraction of sp³-hybridized carbons (Fsp3) is 0.316. The molecule has 1 unspecified atom stereocenters. The predicted octanol–water partition coefficient (Wildman–Crippen LogP) is 1.75. The number of pyridine rings is 1. The Bertz CT molecular complexity index is 784. The Kier molecular flexibility index (Phi) is 6.51. The Morgan fingerprint density at radius 3 is 2.56 bits per heavy atom. The Hall–Kier alpha value is -2.89. The monoisotopic (exact) mass is 342 g/mol. The number of aliphatic carboxylic acids is 1. The van der Waals surface area contributed by atoms with Crippen LogP contribution in [0.25, 0.3) is 0 Å². The molecule has 0 aliphatic carbocycles.